The number of methoxy groups -OCH3 is 1. The highest BCUT2D eigenvalue weighted by molar-refractivity contribution is 7.10. The molecule has 220 valence electrons. The van der Waals surface area contributed by atoms with Gasteiger partial charge in [0.1, 0.15) is 23.4 Å². The van der Waals surface area contributed by atoms with Gasteiger partial charge in [0.15, 0.2) is 0 Å². The number of nitrogens with one attached hydrogen (secondary N) is 2. The Morgan fingerprint density at radius 3 is 2.73 bits per heavy atom. The second kappa shape index (κ2) is 13.7. The van der Waals surface area contributed by atoms with Gasteiger partial charge in [-0.1, -0.05) is 30.3 Å². The Bertz CT molecular complexity index is 1340. The van der Waals surface area contributed by atoms with Gasteiger partial charge in [-0.05, 0) is 62.4 Å². The molecule has 9 nitrogen and oxygen atoms in total. The summed E-state index contributed by atoms with van der Waals surface area (Å²) in [6, 6.07) is 11.2. The van der Waals surface area contributed by atoms with Crippen molar-refractivity contribution in [2.24, 2.45) is 5.92 Å². The number of likely N-dealkylation sites (N-methyl/N-ethyl adjacent to an activating group) is 1. The minimum absolute atomic E-state index is 0.0263. The quantitative estimate of drug-likeness (QED) is 0.328. The van der Waals surface area contributed by atoms with Crippen LogP contribution in [0.3, 0.4) is 0 Å². The topological polar surface area (TPSA) is 102 Å². The highest BCUT2D eigenvalue weighted by atomic mass is 32.1. The van der Waals surface area contributed by atoms with E-state index in [0.29, 0.717) is 33.0 Å². The van der Waals surface area contributed by atoms with E-state index in [9.17, 15) is 9.59 Å². The second-order valence-electron chi connectivity index (χ2n) is 10.7. The lowest BCUT2D eigenvalue weighted by molar-refractivity contribution is -0.140. The van der Waals surface area contributed by atoms with Gasteiger partial charge in [-0.15, -0.1) is 11.3 Å². The summed E-state index contributed by atoms with van der Waals surface area (Å²) in [5.74, 6) is 0.612. The third-order valence-corrected chi connectivity index (χ3v) is 9.11. The minimum Gasteiger partial charge on any atom is -0.490 e. The molecule has 0 spiro atoms. The molecule has 2 aliphatic rings. The third kappa shape index (κ3) is 6.56. The molecule has 0 aliphatic carbocycles. The lowest BCUT2D eigenvalue weighted by Crippen LogP contribution is -2.56. The number of aromatic nitrogens is 1. The highest BCUT2D eigenvalue weighted by Gasteiger charge is 2.40. The molecule has 2 amide bonds. The fraction of sp³-hybridized carbons (Fsp3) is 0.516. The van der Waals surface area contributed by atoms with Crippen molar-refractivity contribution in [1.29, 1.82) is 0 Å². The number of hydrogen-bond donors (Lipinski definition) is 2. The van der Waals surface area contributed by atoms with E-state index in [1.165, 1.54) is 0 Å². The molecule has 3 heterocycles. The van der Waals surface area contributed by atoms with E-state index in [2.05, 4.69) is 34.2 Å². The van der Waals surface area contributed by atoms with Crippen molar-refractivity contribution in [2.75, 3.05) is 47.1 Å². The van der Waals surface area contributed by atoms with Crippen molar-refractivity contribution < 1.29 is 23.8 Å². The van der Waals surface area contributed by atoms with Crippen LogP contribution < -0.4 is 15.4 Å². The van der Waals surface area contributed by atoms with Crippen LogP contribution in [0.5, 0.6) is 5.75 Å². The van der Waals surface area contributed by atoms with E-state index >= 15 is 0 Å². The van der Waals surface area contributed by atoms with Gasteiger partial charge < -0.3 is 29.7 Å². The summed E-state index contributed by atoms with van der Waals surface area (Å²) in [6.45, 7) is 4.59. The number of fused-ring (bicyclic) bond motifs is 1. The Morgan fingerprint density at radius 1 is 1.15 bits per heavy atom. The summed E-state index contributed by atoms with van der Waals surface area (Å²) in [7, 11) is 3.40. The maximum atomic E-state index is 14.1. The van der Waals surface area contributed by atoms with E-state index in [0.717, 1.165) is 58.5 Å². The second-order valence-corrected chi connectivity index (χ2v) is 11.6. The molecule has 0 unspecified atom stereocenters. The van der Waals surface area contributed by atoms with Crippen molar-refractivity contribution in [2.45, 2.75) is 50.7 Å². The van der Waals surface area contributed by atoms with Gasteiger partial charge in [0.2, 0.25) is 11.8 Å². The van der Waals surface area contributed by atoms with Crippen molar-refractivity contribution in [1.82, 2.24) is 20.5 Å². The summed E-state index contributed by atoms with van der Waals surface area (Å²) in [5.41, 5.74) is 1.79. The van der Waals surface area contributed by atoms with Crippen LogP contribution in [0.15, 0.2) is 41.8 Å². The Balaban J connectivity index is 1.43. The van der Waals surface area contributed by atoms with Crippen LogP contribution >= 0.6 is 11.3 Å². The molecule has 3 atom stereocenters. The first-order valence-corrected chi connectivity index (χ1v) is 15.3. The number of amides is 2. The fourth-order valence-corrected chi connectivity index (χ4v) is 6.69. The summed E-state index contributed by atoms with van der Waals surface area (Å²) >= 11 is 1.58. The molecule has 2 aromatic carbocycles. The van der Waals surface area contributed by atoms with Crippen LogP contribution in [0.2, 0.25) is 0 Å². The maximum Gasteiger partial charge on any atom is 0.246 e. The number of carbonyl (C=O) groups is 2. The maximum absolute atomic E-state index is 14.1. The van der Waals surface area contributed by atoms with E-state index in [1.807, 2.05) is 23.1 Å². The molecule has 0 radical (unpaired) electrons. The molecule has 2 aliphatic heterocycles. The van der Waals surface area contributed by atoms with Gasteiger partial charge in [-0.25, -0.2) is 4.98 Å². The molecule has 2 N–H and O–H groups in total. The van der Waals surface area contributed by atoms with E-state index in [4.69, 9.17) is 19.2 Å². The Kier molecular flexibility index (Phi) is 9.87. The number of carbonyl (C=O) groups excluding carboxylic acids is 2. The largest absolute Gasteiger partial charge is 0.490 e. The molecular weight excluding hydrogens is 540 g/mol. The summed E-state index contributed by atoms with van der Waals surface area (Å²) in [4.78, 5) is 34.0. The van der Waals surface area contributed by atoms with E-state index in [-0.39, 0.29) is 29.8 Å². The first-order chi connectivity index (χ1) is 20.0. The lowest BCUT2D eigenvalue weighted by Gasteiger charge is -2.35. The zero-order valence-electron chi connectivity index (χ0n) is 24.1. The van der Waals surface area contributed by atoms with Crippen LogP contribution in [0, 0.1) is 5.92 Å². The number of ether oxygens (including phenoxy) is 3. The molecule has 5 rings (SSSR count). The van der Waals surface area contributed by atoms with Crippen LogP contribution in [0.1, 0.15) is 43.7 Å². The zero-order chi connectivity index (χ0) is 28.8. The predicted octanol–water partition coefficient (Wildman–Crippen LogP) is 4.17. The number of likely N-dealkylation sites (tertiary alicyclic amines) is 1. The molecule has 0 saturated carbocycles. The first-order valence-electron chi connectivity index (χ1n) is 14.5. The molecule has 2 saturated heterocycles. The highest BCUT2D eigenvalue weighted by Crippen LogP contribution is 2.41. The molecule has 1 aromatic heterocycles. The number of nitrogens with zero attached hydrogens (tertiary/aromatic N) is 2. The lowest BCUT2D eigenvalue weighted by atomic mass is 9.90. The molecule has 3 aromatic rings. The normalized spacial score (nSPS) is 19.3. The number of hydrogen-bond acceptors (Lipinski definition) is 8. The van der Waals surface area contributed by atoms with Gasteiger partial charge in [0, 0.05) is 32.2 Å². The van der Waals surface area contributed by atoms with Gasteiger partial charge in [-0.3, -0.25) is 9.59 Å². The van der Waals surface area contributed by atoms with Gasteiger partial charge in [0.25, 0.3) is 0 Å². The summed E-state index contributed by atoms with van der Waals surface area (Å²) < 4.78 is 16.9. The molecule has 41 heavy (non-hydrogen) atoms. The summed E-state index contributed by atoms with van der Waals surface area (Å²) in [6.07, 6.45) is 3.23. The smallest absolute Gasteiger partial charge is 0.246 e. The SMILES string of the molecule is CN[C@@H](C)C(=O)N[C@H](C(=O)N1CCC[C@H]1c1nc(-c2c(OCCOC)ccc3ccccc23)cs1)C1CCOCC1. The fourth-order valence-electron chi connectivity index (χ4n) is 5.73. The minimum atomic E-state index is -0.582. The Labute approximate surface area is 245 Å². The van der Waals surface area contributed by atoms with Crippen molar-refractivity contribution >= 4 is 33.9 Å². The van der Waals surface area contributed by atoms with Gasteiger partial charge in [0.05, 0.1) is 29.9 Å². The Hall–Kier alpha value is -3.05. The van der Waals surface area contributed by atoms with Crippen LogP contribution in [0.4, 0.5) is 0 Å². The Morgan fingerprint density at radius 2 is 1.95 bits per heavy atom. The van der Waals surface area contributed by atoms with Gasteiger partial charge in [-0.2, -0.15) is 0 Å². The third-order valence-electron chi connectivity index (χ3n) is 8.16. The molecule has 2 fully saturated rings. The molecular formula is C31H40N4O5S. The predicted molar refractivity (Wildman–Crippen MR) is 160 cm³/mol. The standard InChI is InChI=1S/C31H40N4O5S/c1-20(32-2)29(36)34-28(22-12-15-39-16-13-22)31(37)35-14-6-9-25(35)30-33-24(19-41-30)27-23-8-5-4-7-21(23)10-11-26(27)40-18-17-38-3/h4-5,7-8,10-11,19-20,22,25,28,32H,6,9,12-18H2,1-3H3,(H,34,36)/t20-,25-,28-/m0/s1. The van der Waals surface area contributed by atoms with Crippen LogP contribution in [0.25, 0.3) is 22.0 Å². The van der Waals surface area contributed by atoms with Crippen molar-refractivity contribution in [3.63, 3.8) is 0 Å². The first kappa shape index (κ1) is 29.4. The number of benzene rings is 2. The van der Waals surface area contributed by atoms with E-state index < -0.39 is 6.04 Å². The average molecular weight is 581 g/mol. The number of thiazole rings is 1. The molecule has 0 bridgehead atoms. The van der Waals surface area contributed by atoms with Crippen LogP contribution in [-0.4, -0.2) is 80.9 Å². The van der Waals surface area contributed by atoms with Crippen molar-refractivity contribution in [3.05, 3.63) is 46.8 Å². The van der Waals surface area contributed by atoms with Crippen LogP contribution in [-0.2, 0) is 19.1 Å². The zero-order valence-corrected chi connectivity index (χ0v) is 24.9. The average Bonchev–Trinajstić information content (AvgIpc) is 3.69. The number of rotatable bonds is 11. The molecule has 10 heteroatoms. The van der Waals surface area contributed by atoms with Gasteiger partial charge >= 0.3 is 0 Å². The monoisotopic (exact) mass is 580 g/mol. The van der Waals surface area contributed by atoms with Crippen molar-refractivity contribution in [3.8, 4) is 17.0 Å². The van der Waals surface area contributed by atoms with E-state index in [1.54, 1.807) is 32.4 Å². The summed E-state index contributed by atoms with van der Waals surface area (Å²) in [5, 5.41) is 11.2.